The Morgan fingerprint density at radius 2 is 2.22 bits per heavy atom. The number of thioether (sulfide) groups is 1. The number of carbonyl (C=O) groups excluding carboxylic acids is 3. The van der Waals surface area contributed by atoms with Crippen molar-refractivity contribution < 1.29 is 24.2 Å². The fourth-order valence-electron chi connectivity index (χ4n) is 1.87. The summed E-state index contributed by atoms with van der Waals surface area (Å²) < 4.78 is 4.80. The molecule has 2 rings (SSSR count). The van der Waals surface area contributed by atoms with Crippen LogP contribution in [0.25, 0.3) is 0 Å². The van der Waals surface area contributed by atoms with Gasteiger partial charge in [-0.15, -0.1) is 0 Å². The smallest absolute Gasteiger partial charge is 0.341 e. The SMILES string of the molecule is CCOC(=O)c1ccc(NC(=O)C=C2SCC(=O)N2C)cc1O. The molecule has 0 bridgehead atoms. The highest BCUT2D eigenvalue weighted by molar-refractivity contribution is 8.04. The minimum absolute atomic E-state index is 0.0277. The first-order valence-corrected chi connectivity index (χ1v) is 7.83. The molecule has 2 N–H and O–H groups in total. The van der Waals surface area contributed by atoms with Gasteiger partial charge >= 0.3 is 5.97 Å². The van der Waals surface area contributed by atoms with Crippen LogP contribution in [-0.2, 0) is 14.3 Å². The Labute approximate surface area is 137 Å². The van der Waals surface area contributed by atoms with Crippen molar-refractivity contribution in [3.63, 3.8) is 0 Å². The van der Waals surface area contributed by atoms with Crippen LogP contribution in [0.4, 0.5) is 5.69 Å². The zero-order valence-electron chi connectivity index (χ0n) is 12.7. The predicted molar refractivity (Wildman–Crippen MR) is 86.0 cm³/mol. The maximum Gasteiger partial charge on any atom is 0.341 e. The van der Waals surface area contributed by atoms with Gasteiger partial charge in [-0.05, 0) is 19.1 Å². The molecular formula is C15H16N2O5S. The van der Waals surface area contributed by atoms with E-state index in [0.717, 1.165) is 0 Å². The molecule has 1 aliphatic rings. The molecule has 0 unspecified atom stereocenters. The Balaban J connectivity index is 2.07. The number of esters is 1. The quantitative estimate of drug-likeness (QED) is 0.640. The first-order chi connectivity index (χ1) is 10.9. The molecule has 0 aliphatic carbocycles. The summed E-state index contributed by atoms with van der Waals surface area (Å²) in [5.74, 6) is -1.10. The minimum atomic E-state index is -0.632. The van der Waals surface area contributed by atoms with Crippen molar-refractivity contribution in [2.45, 2.75) is 6.92 Å². The lowest BCUT2D eigenvalue weighted by molar-refractivity contribution is -0.124. The highest BCUT2D eigenvalue weighted by Gasteiger charge is 2.23. The van der Waals surface area contributed by atoms with E-state index in [0.29, 0.717) is 16.5 Å². The van der Waals surface area contributed by atoms with Gasteiger partial charge in [0.1, 0.15) is 11.3 Å². The number of hydrogen-bond donors (Lipinski definition) is 2. The Bertz CT molecular complexity index is 686. The summed E-state index contributed by atoms with van der Waals surface area (Å²) in [7, 11) is 1.60. The Morgan fingerprint density at radius 3 is 2.78 bits per heavy atom. The number of rotatable bonds is 4. The molecule has 0 spiro atoms. The van der Waals surface area contributed by atoms with Crippen LogP contribution in [0.2, 0.25) is 0 Å². The van der Waals surface area contributed by atoms with Crippen LogP contribution in [-0.4, -0.2) is 47.2 Å². The van der Waals surface area contributed by atoms with Gasteiger partial charge in [0.15, 0.2) is 0 Å². The van der Waals surface area contributed by atoms with Crippen molar-refractivity contribution in [1.29, 1.82) is 0 Å². The minimum Gasteiger partial charge on any atom is -0.507 e. The zero-order valence-corrected chi connectivity index (χ0v) is 13.5. The first kappa shape index (κ1) is 16.9. The second-order valence-corrected chi connectivity index (χ2v) is 5.66. The largest absolute Gasteiger partial charge is 0.507 e. The van der Waals surface area contributed by atoms with Gasteiger partial charge in [0, 0.05) is 24.9 Å². The van der Waals surface area contributed by atoms with Crippen LogP contribution >= 0.6 is 11.8 Å². The van der Waals surface area contributed by atoms with Crippen LogP contribution in [0.5, 0.6) is 5.75 Å². The van der Waals surface area contributed by atoms with Crippen LogP contribution < -0.4 is 5.32 Å². The van der Waals surface area contributed by atoms with Crippen LogP contribution in [0.15, 0.2) is 29.3 Å². The van der Waals surface area contributed by atoms with E-state index in [4.69, 9.17) is 4.74 Å². The molecule has 0 aromatic heterocycles. The summed E-state index contributed by atoms with van der Waals surface area (Å²) in [6.07, 6.45) is 1.31. The average Bonchev–Trinajstić information content (AvgIpc) is 2.79. The number of phenolic OH excluding ortho intramolecular Hbond substituents is 1. The lowest BCUT2D eigenvalue weighted by Gasteiger charge is -2.10. The normalized spacial score (nSPS) is 15.8. The second-order valence-electron chi connectivity index (χ2n) is 4.67. The van der Waals surface area contributed by atoms with Crippen molar-refractivity contribution >= 4 is 35.2 Å². The zero-order chi connectivity index (χ0) is 17.0. The molecule has 7 nitrogen and oxygen atoms in total. The standard InChI is InChI=1S/C15H16N2O5S/c1-3-22-15(21)10-5-4-9(6-11(10)18)16-12(19)7-14-17(2)13(20)8-23-14/h4-7,18H,3,8H2,1-2H3,(H,16,19). The number of amides is 2. The van der Waals surface area contributed by atoms with Gasteiger partial charge in [-0.25, -0.2) is 4.79 Å². The highest BCUT2D eigenvalue weighted by atomic mass is 32.2. The molecule has 1 fully saturated rings. The fourth-order valence-corrected chi connectivity index (χ4v) is 2.82. The molecule has 122 valence electrons. The molecule has 0 radical (unpaired) electrons. The summed E-state index contributed by atoms with van der Waals surface area (Å²) in [4.78, 5) is 36.3. The molecule has 1 heterocycles. The van der Waals surface area contributed by atoms with Gasteiger partial charge in [-0.2, -0.15) is 0 Å². The van der Waals surface area contributed by atoms with Gasteiger partial charge in [0.25, 0.3) is 5.91 Å². The van der Waals surface area contributed by atoms with Crippen LogP contribution in [0.1, 0.15) is 17.3 Å². The third-order valence-electron chi connectivity index (χ3n) is 3.06. The fraction of sp³-hybridized carbons (Fsp3) is 0.267. The molecule has 1 aromatic carbocycles. The number of carbonyl (C=O) groups is 3. The van der Waals surface area contributed by atoms with E-state index in [1.165, 1.54) is 40.9 Å². The highest BCUT2D eigenvalue weighted by Crippen LogP contribution is 2.27. The molecular weight excluding hydrogens is 320 g/mol. The summed E-state index contributed by atoms with van der Waals surface area (Å²) in [6.45, 7) is 1.87. The molecule has 1 saturated heterocycles. The van der Waals surface area contributed by atoms with Crippen molar-refractivity contribution in [3.8, 4) is 5.75 Å². The van der Waals surface area contributed by atoms with Crippen molar-refractivity contribution in [2.24, 2.45) is 0 Å². The first-order valence-electron chi connectivity index (χ1n) is 6.84. The Kier molecular flexibility index (Phi) is 5.28. The van der Waals surface area contributed by atoms with E-state index in [-0.39, 0.29) is 23.8 Å². The molecule has 23 heavy (non-hydrogen) atoms. The second kappa shape index (κ2) is 7.19. The summed E-state index contributed by atoms with van der Waals surface area (Å²) >= 11 is 1.28. The van der Waals surface area contributed by atoms with E-state index >= 15 is 0 Å². The predicted octanol–water partition coefficient (Wildman–Crippen LogP) is 1.55. The van der Waals surface area contributed by atoms with Crippen LogP contribution in [0.3, 0.4) is 0 Å². The number of nitrogens with one attached hydrogen (secondary N) is 1. The number of nitrogens with zero attached hydrogens (tertiary/aromatic N) is 1. The molecule has 0 atom stereocenters. The molecule has 8 heteroatoms. The Hall–Kier alpha value is -2.48. The van der Waals surface area contributed by atoms with Gasteiger partial charge in [-0.3, -0.25) is 9.59 Å². The number of benzene rings is 1. The lowest BCUT2D eigenvalue weighted by atomic mass is 10.2. The summed E-state index contributed by atoms with van der Waals surface area (Å²) in [5, 5.41) is 13.0. The maximum absolute atomic E-state index is 11.9. The Morgan fingerprint density at radius 1 is 1.48 bits per heavy atom. The van der Waals surface area contributed by atoms with E-state index in [1.54, 1.807) is 14.0 Å². The summed E-state index contributed by atoms with van der Waals surface area (Å²) in [6, 6.07) is 4.12. The van der Waals surface area contributed by atoms with Crippen LogP contribution in [0, 0.1) is 0 Å². The summed E-state index contributed by atoms with van der Waals surface area (Å²) in [5.41, 5.74) is 0.356. The third kappa shape index (κ3) is 4.04. The van der Waals surface area contributed by atoms with E-state index in [9.17, 15) is 19.5 Å². The monoisotopic (exact) mass is 336 g/mol. The van der Waals surface area contributed by atoms with Gasteiger partial charge < -0.3 is 20.1 Å². The van der Waals surface area contributed by atoms with Crippen molar-refractivity contribution in [2.75, 3.05) is 24.7 Å². The topological polar surface area (TPSA) is 95.9 Å². The third-order valence-corrected chi connectivity index (χ3v) is 4.14. The van der Waals surface area contributed by atoms with Crippen molar-refractivity contribution in [3.05, 3.63) is 34.9 Å². The lowest BCUT2D eigenvalue weighted by Crippen LogP contribution is -2.20. The number of anilines is 1. The molecule has 0 saturated carbocycles. The van der Waals surface area contributed by atoms with Crippen molar-refractivity contribution in [1.82, 2.24) is 4.90 Å². The van der Waals surface area contributed by atoms with E-state index < -0.39 is 11.9 Å². The average molecular weight is 336 g/mol. The molecule has 1 aliphatic heterocycles. The molecule has 2 amide bonds. The van der Waals surface area contributed by atoms with E-state index in [2.05, 4.69) is 5.32 Å². The van der Waals surface area contributed by atoms with Gasteiger partial charge in [0.2, 0.25) is 5.91 Å². The molecule has 1 aromatic rings. The van der Waals surface area contributed by atoms with Gasteiger partial charge in [-0.1, -0.05) is 11.8 Å². The number of hydrogen-bond acceptors (Lipinski definition) is 6. The van der Waals surface area contributed by atoms with E-state index in [1.807, 2.05) is 0 Å². The number of phenols is 1. The number of ether oxygens (including phenoxy) is 1. The number of aromatic hydroxyl groups is 1. The van der Waals surface area contributed by atoms with Gasteiger partial charge in [0.05, 0.1) is 17.4 Å². The maximum atomic E-state index is 11.9.